The van der Waals surface area contributed by atoms with Crippen molar-refractivity contribution in [3.8, 4) is 5.69 Å². The molecule has 186 valence electrons. The number of aromatic nitrogens is 3. The third kappa shape index (κ3) is 3.79. The summed E-state index contributed by atoms with van der Waals surface area (Å²) >= 11 is 0. The van der Waals surface area contributed by atoms with Crippen LogP contribution in [0.2, 0.25) is 0 Å². The molecule has 4 aromatic rings. The van der Waals surface area contributed by atoms with Gasteiger partial charge in [-0.2, -0.15) is 0 Å². The van der Waals surface area contributed by atoms with Crippen LogP contribution >= 0.6 is 0 Å². The third-order valence-corrected chi connectivity index (χ3v) is 6.50. The van der Waals surface area contributed by atoms with Crippen molar-refractivity contribution in [1.29, 1.82) is 0 Å². The van der Waals surface area contributed by atoms with Gasteiger partial charge in [-0.1, -0.05) is 12.1 Å². The lowest BCUT2D eigenvalue weighted by Crippen LogP contribution is -2.40. The first-order valence-electron chi connectivity index (χ1n) is 11.5. The Balaban J connectivity index is 1.81. The van der Waals surface area contributed by atoms with Crippen LogP contribution < -0.4 is 27.4 Å². The third-order valence-electron chi connectivity index (χ3n) is 6.50. The Labute approximate surface area is 205 Å². The van der Waals surface area contributed by atoms with E-state index in [4.69, 9.17) is 4.74 Å². The van der Waals surface area contributed by atoms with E-state index in [0.29, 0.717) is 18.9 Å². The van der Waals surface area contributed by atoms with Gasteiger partial charge < -0.3 is 15.4 Å². The van der Waals surface area contributed by atoms with E-state index in [1.807, 2.05) is 6.07 Å². The van der Waals surface area contributed by atoms with Crippen molar-refractivity contribution >= 4 is 28.1 Å². The molecule has 1 aliphatic heterocycles. The molecule has 0 radical (unpaired) electrons. The number of rotatable bonds is 5. The van der Waals surface area contributed by atoms with Crippen LogP contribution in [0.1, 0.15) is 11.1 Å². The second-order valence-corrected chi connectivity index (χ2v) is 9.08. The molecule has 0 unspecified atom stereocenters. The second kappa shape index (κ2) is 8.80. The summed E-state index contributed by atoms with van der Waals surface area (Å²) in [6.07, 6.45) is 0. The number of hydrogen-bond donors (Lipinski definition) is 2. The molecular weight excluding hydrogens is 465 g/mol. The van der Waals surface area contributed by atoms with Crippen LogP contribution in [0.15, 0.2) is 56.8 Å². The van der Waals surface area contributed by atoms with Gasteiger partial charge in [0.05, 0.1) is 36.1 Å². The number of pyridine rings is 1. The lowest BCUT2D eigenvalue weighted by molar-refractivity contribution is 0.0211. The van der Waals surface area contributed by atoms with Gasteiger partial charge in [0.15, 0.2) is 0 Å². The van der Waals surface area contributed by atoms with Gasteiger partial charge >= 0.3 is 5.69 Å². The molecule has 0 amide bonds. The minimum Gasteiger partial charge on any atom is -0.378 e. The highest BCUT2D eigenvalue weighted by molar-refractivity contribution is 5.93. The Hall–Kier alpha value is -4.18. The molecule has 0 aliphatic carbocycles. The van der Waals surface area contributed by atoms with E-state index < -0.39 is 22.6 Å². The number of aryl methyl sites for hydroxylation is 2. The Morgan fingerprint density at radius 1 is 0.972 bits per heavy atom. The summed E-state index contributed by atoms with van der Waals surface area (Å²) in [6.45, 7) is 4.52. The molecule has 1 aliphatic rings. The summed E-state index contributed by atoms with van der Waals surface area (Å²) in [6, 6.07) is 12.0. The quantitative estimate of drug-likeness (QED) is 0.446. The highest BCUT2D eigenvalue weighted by atomic mass is 19.1. The first-order chi connectivity index (χ1) is 17.2. The van der Waals surface area contributed by atoms with Crippen LogP contribution in [0.25, 0.3) is 16.6 Å². The molecule has 9 nitrogen and oxygen atoms in total. The number of fused-ring (bicyclic) bond motifs is 1. The van der Waals surface area contributed by atoms with Crippen molar-refractivity contribution < 1.29 is 9.13 Å². The standard InChI is InChI=1S/C26H26FN5O4/c1-14-8-9-20(19(27)10-14)29-23-21-22(15(2)24(33)30(23)3)32(26(35)31(4)25(21)34)18-7-5-6-16(11-18)28-17-12-36-13-17/h5-11,17,28-29H,12-13H2,1-4H3. The fourth-order valence-corrected chi connectivity index (χ4v) is 4.43. The van der Waals surface area contributed by atoms with Crippen LogP contribution in [0, 0.1) is 19.7 Å². The van der Waals surface area contributed by atoms with E-state index in [9.17, 15) is 18.8 Å². The minimum atomic E-state index is -0.597. The van der Waals surface area contributed by atoms with Crippen LogP contribution in [-0.4, -0.2) is 33.0 Å². The van der Waals surface area contributed by atoms with E-state index in [-0.39, 0.29) is 34.0 Å². The number of hydrogen-bond acceptors (Lipinski definition) is 6. The first kappa shape index (κ1) is 23.6. The molecule has 0 bridgehead atoms. The number of nitrogens with one attached hydrogen (secondary N) is 2. The summed E-state index contributed by atoms with van der Waals surface area (Å²) in [5, 5.41) is 6.37. The average molecular weight is 492 g/mol. The van der Waals surface area contributed by atoms with E-state index >= 15 is 0 Å². The van der Waals surface area contributed by atoms with Crippen LogP contribution in [-0.2, 0) is 18.8 Å². The summed E-state index contributed by atoms with van der Waals surface area (Å²) in [5.74, 6) is -0.432. The molecule has 3 heterocycles. The molecule has 10 heteroatoms. The van der Waals surface area contributed by atoms with Crippen molar-refractivity contribution in [3.63, 3.8) is 0 Å². The van der Waals surface area contributed by atoms with Crippen molar-refractivity contribution in [2.75, 3.05) is 23.8 Å². The van der Waals surface area contributed by atoms with Crippen LogP contribution in [0.4, 0.5) is 21.6 Å². The molecule has 1 saturated heterocycles. The van der Waals surface area contributed by atoms with Crippen molar-refractivity contribution in [3.05, 3.63) is 90.6 Å². The summed E-state index contributed by atoms with van der Waals surface area (Å²) < 4.78 is 23.5. The fraction of sp³-hybridized carbons (Fsp3) is 0.269. The Bertz CT molecular complexity index is 1700. The van der Waals surface area contributed by atoms with E-state index in [1.165, 1.54) is 29.3 Å². The molecule has 2 aromatic carbocycles. The van der Waals surface area contributed by atoms with E-state index in [1.54, 1.807) is 44.2 Å². The lowest BCUT2D eigenvalue weighted by atomic mass is 10.1. The normalized spacial score (nSPS) is 13.6. The lowest BCUT2D eigenvalue weighted by Gasteiger charge is -2.28. The largest absolute Gasteiger partial charge is 0.378 e. The number of ether oxygens (including phenoxy) is 1. The minimum absolute atomic E-state index is 0.0959. The smallest absolute Gasteiger partial charge is 0.335 e. The maximum Gasteiger partial charge on any atom is 0.335 e. The SMILES string of the molecule is Cc1ccc(Nc2c3c(=O)n(C)c(=O)n(-c4cccc(NC5COC5)c4)c3c(C)c(=O)n2C)c(F)c1. The Morgan fingerprint density at radius 3 is 2.39 bits per heavy atom. The monoisotopic (exact) mass is 491 g/mol. The molecule has 36 heavy (non-hydrogen) atoms. The Kier molecular flexibility index (Phi) is 5.76. The number of nitrogens with zero attached hydrogens (tertiary/aromatic N) is 3. The molecular formula is C26H26FN5O4. The molecule has 0 spiro atoms. The number of halogens is 1. The molecule has 2 N–H and O–H groups in total. The van der Waals surface area contributed by atoms with Gasteiger partial charge in [-0.05, 0) is 49.7 Å². The predicted molar refractivity (Wildman–Crippen MR) is 137 cm³/mol. The van der Waals surface area contributed by atoms with Crippen LogP contribution in [0.5, 0.6) is 0 Å². The van der Waals surface area contributed by atoms with Gasteiger partial charge in [0, 0.05) is 25.3 Å². The van der Waals surface area contributed by atoms with Gasteiger partial charge in [-0.15, -0.1) is 0 Å². The van der Waals surface area contributed by atoms with Crippen molar-refractivity contribution in [2.24, 2.45) is 14.1 Å². The maximum absolute atomic E-state index is 14.7. The highest BCUT2D eigenvalue weighted by Gasteiger charge is 2.23. The summed E-state index contributed by atoms with van der Waals surface area (Å²) in [7, 11) is 2.88. The maximum atomic E-state index is 14.7. The zero-order valence-corrected chi connectivity index (χ0v) is 20.4. The van der Waals surface area contributed by atoms with E-state index in [2.05, 4.69) is 10.6 Å². The van der Waals surface area contributed by atoms with E-state index in [0.717, 1.165) is 15.8 Å². The molecule has 5 rings (SSSR count). The molecule has 0 saturated carbocycles. The number of benzene rings is 2. The van der Waals surface area contributed by atoms with Crippen LogP contribution in [0.3, 0.4) is 0 Å². The predicted octanol–water partition coefficient (Wildman–Crippen LogP) is 2.70. The van der Waals surface area contributed by atoms with Gasteiger partial charge in [-0.3, -0.25) is 23.3 Å². The topological polar surface area (TPSA) is 99.3 Å². The highest BCUT2D eigenvalue weighted by Crippen LogP contribution is 2.27. The second-order valence-electron chi connectivity index (χ2n) is 9.08. The molecule has 0 atom stereocenters. The van der Waals surface area contributed by atoms with Crippen molar-refractivity contribution in [2.45, 2.75) is 19.9 Å². The number of anilines is 3. The fourth-order valence-electron chi connectivity index (χ4n) is 4.43. The first-order valence-corrected chi connectivity index (χ1v) is 11.5. The summed E-state index contributed by atoms with van der Waals surface area (Å²) in [5.41, 5.74) is 0.877. The van der Waals surface area contributed by atoms with Gasteiger partial charge in [0.1, 0.15) is 17.0 Å². The average Bonchev–Trinajstić information content (AvgIpc) is 2.83. The molecule has 2 aromatic heterocycles. The summed E-state index contributed by atoms with van der Waals surface area (Å²) in [4.78, 5) is 40.1. The van der Waals surface area contributed by atoms with Gasteiger partial charge in [0.2, 0.25) is 0 Å². The van der Waals surface area contributed by atoms with Crippen molar-refractivity contribution in [1.82, 2.24) is 13.7 Å². The zero-order chi connectivity index (χ0) is 25.7. The van der Waals surface area contributed by atoms with Gasteiger partial charge in [-0.25, -0.2) is 9.18 Å². The molecule has 1 fully saturated rings. The Morgan fingerprint density at radius 2 is 1.72 bits per heavy atom. The zero-order valence-electron chi connectivity index (χ0n) is 20.4. The van der Waals surface area contributed by atoms with Gasteiger partial charge in [0.25, 0.3) is 11.1 Å².